The number of carbonyl (C=O) groups is 1. The monoisotopic (exact) mass is 658 g/mol. The van der Waals surface area contributed by atoms with Crippen molar-refractivity contribution in [3.8, 4) is 45.7 Å². The van der Waals surface area contributed by atoms with Crippen LogP contribution in [0.4, 0.5) is 10.1 Å². The van der Waals surface area contributed by atoms with Gasteiger partial charge in [-0.3, -0.25) is 13.7 Å². The van der Waals surface area contributed by atoms with E-state index in [0.29, 0.717) is 39.4 Å². The second kappa shape index (κ2) is 11.1. The van der Waals surface area contributed by atoms with E-state index in [4.69, 9.17) is 18.9 Å². The Labute approximate surface area is 267 Å². The molecule has 0 radical (unpaired) electrons. The minimum atomic E-state index is -3.79. The summed E-state index contributed by atoms with van der Waals surface area (Å²) in [7, 11) is 0.583. The van der Waals surface area contributed by atoms with Crippen molar-refractivity contribution >= 4 is 43.6 Å². The number of hydrogen-bond acceptors (Lipinski definition) is 10. The molecule has 0 saturated carbocycles. The number of halogens is 1. The lowest BCUT2D eigenvalue weighted by Gasteiger charge is -2.27. The number of benzene rings is 2. The minimum Gasteiger partial charge on any atom is -0.481 e. The Kier molecular flexibility index (Phi) is 7.09. The smallest absolute Gasteiger partial charge is 0.255 e. The Balaban J connectivity index is 1.49. The third-order valence-electron chi connectivity index (χ3n) is 8.03. The first-order chi connectivity index (χ1) is 22.5. The lowest BCUT2D eigenvalue weighted by Crippen LogP contribution is -2.26. The van der Waals surface area contributed by atoms with E-state index in [1.54, 1.807) is 41.0 Å². The second-order valence-corrected chi connectivity index (χ2v) is 12.8. The molecule has 0 saturated heterocycles. The van der Waals surface area contributed by atoms with Crippen molar-refractivity contribution in [2.24, 2.45) is 0 Å². The molecule has 2 N–H and O–H groups in total. The van der Waals surface area contributed by atoms with Crippen LogP contribution in [0.1, 0.15) is 16.6 Å². The fourth-order valence-electron chi connectivity index (χ4n) is 5.68. The van der Waals surface area contributed by atoms with Crippen molar-refractivity contribution < 1.29 is 36.6 Å². The van der Waals surface area contributed by atoms with Gasteiger partial charge in [-0.15, -0.1) is 0 Å². The molecule has 5 heterocycles. The predicted octanol–water partition coefficient (Wildman–Crippen LogP) is 4.36. The Hall–Kier alpha value is -5.54. The van der Waals surface area contributed by atoms with E-state index in [1.165, 1.54) is 45.6 Å². The highest BCUT2D eigenvalue weighted by molar-refractivity contribution is 7.92. The first-order valence-electron chi connectivity index (χ1n) is 14.3. The number of fused-ring (bicyclic) bond motifs is 6. The van der Waals surface area contributed by atoms with Crippen molar-refractivity contribution in [1.82, 2.24) is 24.8 Å². The molecule has 0 bridgehead atoms. The SMILES string of the molecule is CNC(=O)c1c(-c2ccc(OC)nc2)oc2cc(N(C)S(C)(=O)=O)c(-c3ccc4c(n3)-c3nc5c(F)cccc5n3C(CO)O4)cc12. The zero-order valence-corrected chi connectivity index (χ0v) is 26.3. The molecule has 0 aliphatic carbocycles. The van der Waals surface area contributed by atoms with Crippen LogP contribution in [0.3, 0.4) is 0 Å². The number of amides is 1. The zero-order chi connectivity index (χ0) is 33.2. The fraction of sp³-hybridized carbons (Fsp3) is 0.188. The molecular formula is C32H27FN6O7S. The van der Waals surface area contributed by atoms with Crippen molar-refractivity contribution in [3.63, 3.8) is 0 Å². The number of imidazole rings is 1. The highest BCUT2D eigenvalue weighted by Gasteiger charge is 2.32. The molecule has 1 aliphatic rings. The van der Waals surface area contributed by atoms with E-state index < -0.39 is 34.6 Å². The van der Waals surface area contributed by atoms with Gasteiger partial charge in [0.15, 0.2) is 17.4 Å². The molecule has 1 unspecified atom stereocenters. The summed E-state index contributed by atoms with van der Waals surface area (Å²) in [5.74, 6) is 0.147. The normalized spacial score (nSPS) is 14.0. The van der Waals surface area contributed by atoms with Crippen LogP contribution in [-0.2, 0) is 10.0 Å². The number of pyridine rings is 2. The predicted molar refractivity (Wildman–Crippen MR) is 171 cm³/mol. The number of para-hydroxylation sites is 1. The van der Waals surface area contributed by atoms with E-state index >= 15 is 0 Å². The number of aromatic nitrogens is 4. The first kappa shape index (κ1) is 30.1. The van der Waals surface area contributed by atoms with Crippen LogP contribution >= 0.6 is 0 Å². The van der Waals surface area contributed by atoms with Gasteiger partial charge >= 0.3 is 0 Å². The number of nitrogens with zero attached hydrogens (tertiary/aromatic N) is 5. The summed E-state index contributed by atoms with van der Waals surface area (Å²) in [4.78, 5) is 26.9. The third-order valence-corrected chi connectivity index (χ3v) is 9.22. The van der Waals surface area contributed by atoms with E-state index in [-0.39, 0.29) is 39.6 Å². The van der Waals surface area contributed by atoms with Crippen LogP contribution in [0.15, 0.2) is 65.2 Å². The summed E-state index contributed by atoms with van der Waals surface area (Å²) < 4.78 is 60.6. The largest absolute Gasteiger partial charge is 0.481 e. The van der Waals surface area contributed by atoms with Crippen LogP contribution < -0.4 is 19.1 Å². The number of aliphatic hydroxyl groups excluding tert-OH is 1. The number of rotatable bonds is 7. The van der Waals surface area contributed by atoms with E-state index in [9.17, 15) is 22.7 Å². The van der Waals surface area contributed by atoms with Crippen LogP contribution in [0.25, 0.3) is 56.1 Å². The molecule has 47 heavy (non-hydrogen) atoms. The van der Waals surface area contributed by atoms with Crippen LogP contribution in [-0.4, -0.2) is 73.0 Å². The first-order valence-corrected chi connectivity index (χ1v) is 16.1. The van der Waals surface area contributed by atoms with Crippen molar-refractivity contribution in [2.45, 2.75) is 6.23 Å². The van der Waals surface area contributed by atoms with Gasteiger partial charge < -0.3 is 24.3 Å². The highest BCUT2D eigenvalue weighted by Crippen LogP contribution is 2.44. The van der Waals surface area contributed by atoms with Crippen LogP contribution in [0.5, 0.6) is 11.6 Å². The highest BCUT2D eigenvalue weighted by atomic mass is 32.2. The van der Waals surface area contributed by atoms with Gasteiger partial charge in [0.1, 0.15) is 22.6 Å². The Morgan fingerprint density at radius 1 is 1.17 bits per heavy atom. The van der Waals surface area contributed by atoms with Crippen LogP contribution in [0, 0.1) is 5.82 Å². The van der Waals surface area contributed by atoms with Gasteiger partial charge in [0.25, 0.3) is 5.91 Å². The van der Waals surface area contributed by atoms with Gasteiger partial charge in [-0.1, -0.05) is 6.07 Å². The van der Waals surface area contributed by atoms with Crippen molar-refractivity contribution in [3.05, 3.63) is 72.2 Å². The number of sulfonamides is 1. The fourth-order valence-corrected chi connectivity index (χ4v) is 6.19. The maximum atomic E-state index is 14.8. The number of aliphatic hydroxyl groups is 1. The molecule has 0 spiro atoms. The summed E-state index contributed by atoms with van der Waals surface area (Å²) in [5.41, 5.74) is 2.54. The molecule has 15 heteroatoms. The number of anilines is 1. The van der Waals surface area contributed by atoms with Gasteiger partial charge in [-0.2, -0.15) is 0 Å². The summed E-state index contributed by atoms with van der Waals surface area (Å²) in [6, 6.07) is 14.2. The average molecular weight is 659 g/mol. The van der Waals surface area contributed by atoms with Gasteiger partial charge in [-0.05, 0) is 36.4 Å². The average Bonchev–Trinajstić information content (AvgIpc) is 3.66. The van der Waals surface area contributed by atoms with Gasteiger partial charge in [0.2, 0.25) is 22.1 Å². The van der Waals surface area contributed by atoms with E-state index in [1.807, 2.05) is 0 Å². The summed E-state index contributed by atoms with van der Waals surface area (Å²) in [5, 5.41) is 13.2. The molecular weight excluding hydrogens is 631 g/mol. The lowest BCUT2D eigenvalue weighted by molar-refractivity contribution is 0.0603. The standard InChI is InChI=1S/C32H27FN6O7S/c1-34-32(41)27-18-12-17(22(38(2)47(4,42)43)13-24(18)46-30(27)16-8-11-25(44-3)35-14-16)20-9-10-23-29(36-20)31-37-28-19(33)6-5-7-21(28)39(31)26(15-40)45-23/h5-14,26,40H,15H2,1-4H3,(H,34,41). The molecule has 1 amide bonds. The summed E-state index contributed by atoms with van der Waals surface area (Å²) in [6.07, 6.45) is 1.69. The maximum absolute atomic E-state index is 14.8. The number of ether oxygens (including phenoxy) is 2. The molecule has 1 atom stereocenters. The maximum Gasteiger partial charge on any atom is 0.255 e. The van der Waals surface area contributed by atoms with Gasteiger partial charge in [0.05, 0.1) is 42.4 Å². The van der Waals surface area contributed by atoms with Crippen molar-refractivity contribution in [2.75, 3.05) is 38.4 Å². The van der Waals surface area contributed by atoms with Crippen LogP contribution in [0.2, 0.25) is 0 Å². The number of hydrogen-bond donors (Lipinski definition) is 2. The van der Waals surface area contributed by atoms with E-state index in [0.717, 1.165) is 10.6 Å². The molecule has 4 aromatic heterocycles. The summed E-state index contributed by atoms with van der Waals surface area (Å²) in [6.45, 7) is -0.412. The number of nitrogens with one attached hydrogen (secondary N) is 1. The Morgan fingerprint density at radius 3 is 2.66 bits per heavy atom. The number of carbonyl (C=O) groups excluding carboxylic acids is 1. The molecule has 2 aromatic carbocycles. The molecule has 240 valence electrons. The van der Waals surface area contributed by atoms with Crippen molar-refractivity contribution in [1.29, 1.82) is 0 Å². The quantitative estimate of drug-likeness (QED) is 0.252. The van der Waals surface area contributed by atoms with Gasteiger partial charge in [-0.25, -0.2) is 27.8 Å². The Bertz CT molecular complexity index is 2340. The Morgan fingerprint density at radius 2 is 1.98 bits per heavy atom. The minimum absolute atomic E-state index is 0.0812. The molecule has 1 aliphatic heterocycles. The molecule has 7 rings (SSSR count). The topological polar surface area (TPSA) is 162 Å². The van der Waals surface area contributed by atoms with E-state index in [2.05, 4.69) is 15.3 Å². The second-order valence-electron chi connectivity index (χ2n) is 10.8. The zero-order valence-electron chi connectivity index (χ0n) is 25.5. The molecule has 6 aromatic rings. The number of furan rings is 1. The third kappa shape index (κ3) is 4.82. The van der Waals surface area contributed by atoms with Gasteiger partial charge in [0, 0.05) is 48.9 Å². The molecule has 0 fully saturated rings. The summed E-state index contributed by atoms with van der Waals surface area (Å²) >= 11 is 0. The lowest BCUT2D eigenvalue weighted by atomic mass is 10.0. The number of methoxy groups -OCH3 is 1. The molecule has 13 nitrogen and oxygen atoms in total.